The summed E-state index contributed by atoms with van der Waals surface area (Å²) >= 11 is 3.47. The molecule has 3 aromatic carbocycles. The van der Waals surface area contributed by atoms with Crippen molar-refractivity contribution in [3.05, 3.63) is 93.2 Å². The Balaban J connectivity index is 1.80. The number of carbonyl (C=O) groups is 1. The molecule has 4 aromatic rings. The molecule has 1 heterocycles. The Kier molecular flexibility index (Phi) is 5.74. The van der Waals surface area contributed by atoms with E-state index in [1.807, 2.05) is 75.4 Å². The average Bonchev–Trinajstić information content (AvgIpc) is 3.18. The highest BCUT2D eigenvalue weighted by Gasteiger charge is 2.20. The fourth-order valence-corrected chi connectivity index (χ4v) is 3.72. The summed E-state index contributed by atoms with van der Waals surface area (Å²) in [6.07, 6.45) is 0. The maximum Gasteiger partial charge on any atom is 0.295 e. The van der Waals surface area contributed by atoms with Crippen molar-refractivity contribution in [2.45, 2.75) is 27.7 Å². The van der Waals surface area contributed by atoms with Crippen LogP contribution in [-0.2, 0) is 0 Å². The SMILES string of the molecule is Cc1ccc(NC(=O)c2nc(-c3ccc(Br)cc3)n(-c3cccc(C)c3C)n2)c(C)c1. The Morgan fingerprint density at radius 1 is 0.935 bits per heavy atom. The van der Waals surface area contributed by atoms with Crippen molar-refractivity contribution < 1.29 is 4.79 Å². The number of halogens is 1. The van der Waals surface area contributed by atoms with Crippen molar-refractivity contribution in [2.24, 2.45) is 0 Å². The molecule has 1 N–H and O–H groups in total. The first-order chi connectivity index (χ1) is 14.8. The third kappa shape index (κ3) is 4.30. The van der Waals surface area contributed by atoms with E-state index in [0.29, 0.717) is 5.82 Å². The molecule has 0 fully saturated rings. The molecule has 156 valence electrons. The van der Waals surface area contributed by atoms with Crippen LogP contribution in [0.15, 0.2) is 65.1 Å². The second kappa shape index (κ2) is 8.47. The number of aryl methyl sites for hydroxylation is 3. The Hall–Kier alpha value is -3.25. The van der Waals surface area contributed by atoms with Gasteiger partial charge >= 0.3 is 0 Å². The smallest absolute Gasteiger partial charge is 0.295 e. The third-order valence-electron chi connectivity index (χ3n) is 5.35. The van der Waals surface area contributed by atoms with Crippen LogP contribution >= 0.6 is 15.9 Å². The van der Waals surface area contributed by atoms with Gasteiger partial charge in [-0.15, -0.1) is 5.10 Å². The van der Waals surface area contributed by atoms with Crippen molar-refractivity contribution in [2.75, 3.05) is 5.32 Å². The maximum atomic E-state index is 13.0. The fraction of sp³-hybridized carbons (Fsp3) is 0.160. The van der Waals surface area contributed by atoms with Crippen molar-refractivity contribution in [3.8, 4) is 17.1 Å². The lowest BCUT2D eigenvalue weighted by Crippen LogP contribution is -2.15. The fourth-order valence-electron chi connectivity index (χ4n) is 3.46. The topological polar surface area (TPSA) is 59.8 Å². The van der Waals surface area contributed by atoms with Gasteiger partial charge in [0, 0.05) is 15.7 Å². The van der Waals surface area contributed by atoms with Crippen LogP contribution in [0.2, 0.25) is 0 Å². The van der Waals surface area contributed by atoms with Crippen molar-refractivity contribution in [3.63, 3.8) is 0 Å². The molecule has 1 amide bonds. The Morgan fingerprint density at radius 3 is 2.39 bits per heavy atom. The minimum atomic E-state index is -0.339. The predicted molar refractivity (Wildman–Crippen MR) is 128 cm³/mol. The lowest BCUT2D eigenvalue weighted by Gasteiger charge is -2.11. The Bertz CT molecular complexity index is 1280. The van der Waals surface area contributed by atoms with Gasteiger partial charge in [-0.3, -0.25) is 4.79 Å². The van der Waals surface area contributed by atoms with E-state index in [1.165, 1.54) is 0 Å². The normalized spacial score (nSPS) is 10.9. The van der Waals surface area contributed by atoms with Gasteiger partial charge in [-0.2, -0.15) is 0 Å². The molecule has 0 saturated heterocycles. The van der Waals surface area contributed by atoms with Crippen LogP contribution in [0.4, 0.5) is 5.69 Å². The zero-order valence-electron chi connectivity index (χ0n) is 17.9. The highest BCUT2D eigenvalue weighted by atomic mass is 79.9. The van der Waals surface area contributed by atoms with Gasteiger partial charge in [0.15, 0.2) is 5.82 Å². The molecule has 0 spiro atoms. The zero-order chi connectivity index (χ0) is 22.1. The highest BCUT2D eigenvalue weighted by Crippen LogP contribution is 2.26. The number of anilines is 1. The van der Waals surface area contributed by atoms with Gasteiger partial charge in [0.05, 0.1) is 5.69 Å². The number of rotatable bonds is 4. The number of nitrogens with zero attached hydrogens (tertiary/aromatic N) is 3. The molecule has 0 saturated carbocycles. The Labute approximate surface area is 190 Å². The molecule has 0 atom stereocenters. The highest BCUT2D eigenvalue weighted by molar-refractivity contribution is 9.10. The van der Waals surface area contributed by atoms with Gasteiger partial charge in [-0.1, -0.05) is 57.9 Å². The number of benzene rings is 3. The van der Waals surface area contributed by atoms with E-state index in [9.17, 15) is 4.79 Å². The molecule has 0 radical (unpaired) electrons. The maximum absolute atomic E-state index is 13.0. The van der Waals surface area contributed by atoms with E-state index < -0.39 is 0 Å². The van der Waals surface area contributed by atoms with Crippen LogP contribution in [0.25, 0.3) is 17.1 Å². The molecule has 0 unspecified atom stereocenters. The minimum absolute atomic E-state index is 0.124. The van der Waals surface area contributed by atoms with E-state index in [-0.39, 0.29) is 11.7 Å². The van der Waals surface area contributed by atoms with Crippen LogP contribution in [0.3, 0.4) is 0 Å². The molecule has 6 heteroatoms. The van der Waals surface area contributed by atoms with E-state index in [4.69, 9.17) is 0 Å². The van der Waals surface area contributed by atoms with Gasteiger partial charge in [-0.25, -0.2) is 9.67 Å². The Morgan fingerprint density at radius 2 is 1.68 bits per heavy atom. The summed E-state index contributed by atoms with van der Waals surface area (Å²) in [6.45, 7) is 8.10. The van der Waals surface area contributed by atoms with Crippen LogP contribution in [0.5, 0.6) is 0 Å². The van der Waals surface area contributed by atoms with Crippen molar-refractivity contribution in [1.82, 2.24) is 14.8 Å². The van der Waals surface area contributed by atoms with E-state index in [1.54, 1.807) is 4.68 Å². The number of hydrogen-bond acceptors (Lipinski definition) is 3. The molecule has 0 aliphatic rings. The summed E-state index contributed by atoms with van der Waals surface area (Å²) in [5.41, 5.74) is 6.91. The number of nitrogens with one attached hydrogen (secondary N) is 1. The minimum Gasteiger partial charge on any atom is -0.319 e. The van der Waals surface area contributed by atoms with Gasteiger partial charge in [0.1, 0.15) is 0 Å². The first kappa shape index (κ1) is 21.0. The van der Waals surface area contributed by atoms with E-state index in [2.05, 4.69) is 44.3 Å². The lowest BCUT2D eigenvalue weighted by molar-refractivity contribution is 0.101. The molecule has 0 aliphatic heterocycles. The quantitative estimate of drug-likeness (QED) is 0.383. The summed E-state index contributed by atoms with van der Waals surface area (Å²) in [4.78, 5) is 17.7. The van der Waals surface area contributed by atoms with Crippen LogP contribution < -0.4 is 5.32 Å². The van der Waals surface area contributed by atoms with Crippen molar-refractivity contribution in [1.29, 1.82) is 0 Å². The van der Waals surface area contributed by atoms with Crippen LogP contribution in [0.1, 0.15) is 32.9 Å². The summed E-state index contributed by atoms with van der Waals surface area (Å²) in [5.74, 6) is 0.403. The molecular formula is C25H23BrN4O. The van der Waals surface area contributed by atoms with E-state index in [0.717, 1.165) is 43.7 Å². The molecule has 0 aliphatic carbocycles. The number of carbonyl (C=O) groups excluding carboxylic acids is 1. The summed E-state index contributed by atoms with van der Waals surface area (Å²) < 4.78 is 2.73. The van der Waals surface area contributed by atoms with Gasteiger partial charge in [-0.05, 0) is 68.7 Å². The first-order valence-electron chi connectivity index (χ1n) is 10.0. The average molecular weight is 475 g/mol. The standard InChI is InChI=1S/C25H23BrN4O/c1-15-8-13-21(17(3)14-15)27-25(31)23-28-24(19-9-11-20(26)12-10-19)30(29-23)22-7-5-6-16(2)18(22)4/h5-14H,1-4H3,(H,27,31). The van der Waals surface area contributed by atoms with Gasteiger partial charge in [0.25, 0.3) is 5.91 Å². The largest absolute Gasteiger partial charge is 0.319 e. The first-order valence-corrected chi connectivity index (χ1v) is 10.8. The molecule has 5 nitrogen and oxygen atoms in total. The van der Waals surface area contributed by atoms with Crippen molar-refractivity contribution >= 4 is 27.5 Å². The molecule has 1 aromatic heterocycles. The summed E-state index contributed by atoms with van der Waals surface area (Å²) in [5, 5.41) is 7.55. The monoisotopic (exact) mass is 474 g/mol. The second-order valence-electron chi connectivity index (χ2n) is 7.67. The molecule has 4 rings (SSSR count). The second-order valence-corrected chi connectivity index (χ2v) is 8.58. The summed E-state index contributed by atoms with van der Waals surface area (Å²) in [7, 11) is 0. The number of hydrogen-bond donors (Lipinski definition) is 1. The predicted octanol–water partition coefficient (Wildman–Crippen LogP) is 6.18. The van der Waals surface area contributed by atoms with Crippen LogP contribution in [-0.4, -0.2) is 20.7 Å². The molecule has 0 bridgehead atoms. The number of aromatic nitrogens is 3. The van der Waals surface area contributed by atoms with E-state index >= 15 is 0 Å². The van der Waals surface area contributed by atoms with Crippen LogP contribution in [0, 0.1) is 27.7 Å². The lowest BCUT2D eigenvalue weighted by atomic mass is 10.1. The number of amides is 1. The van der Waals surface area contributed by atoms with Gasteiger partial charge < -0.3 is 5.32 Å². The summed E-state index contributed by atoms with van der Waals surface area (Å²) in [6, 6.07) is 19.8. The molecule has 31 heavy (non-hydrogen) atoms. The molecular weight excluding hydrogens is 452 g/mol. The zero-order valence-corrected chi connectivity index (χ0v) is 19.5. The van der Waals surface area contributed by atoms with Gasteiger partial charge in [0.2, 0.25) is 5.82 Å². The third-order valence-corrected chi connectivity index (χ3v) is 5.88.